The number of hydrogen-bond donors (Lipinski definition) is 2. The van der Waals surface area contributed by atoms with Gasteiger partial charge in [0, 0.05) is 19.8 Å². The minimum atomic E-state index is -0.0867. The fraction of sp³-hybridized carbons (Fsp3) is 0.333. The van der Waals surface area contributed by atoms with Crippen molar-refractivity contribution in [2.24, 2.45) is 0 Å². The van der Waals surface area contributed by atoms with Crippen molar-refractivity contribution in [2.45, 2.75) is 0 Å². The highest BCUT2D eigenvalue weighted by Crippen LogP contribution is 2.15. The van der Waals surface area contributed by atoms with Crippen molar-refractivity contribution in [3.8, 4) is 5.75 Å². The molecule has 18 heavy (non-hydrogen) atoms. The van der Waals surface area contributed by atoms with Crippen LogP contribution in [0.1, 0.15) is 0 Å². The molecule has 0 aliphatic carbocycles. The predicted molar refractivity (Wildman–Crippen MR) is 75.9 cm³/mol. The second kappa shape index (κ2) is 6.80. The highest BCUT2D eigenvalue weighted by molar-refractivity contribution is 7.80. The van der Waals surface area contributed by atoms with Crippen LogP contribution in [-0.2, 0) is 4.79 Å². The lowest BCUT2D eigenvalue weighted by molar-refractivity contribution is -0.120. The van der Waals surface area contributed by atoms with Gasteiger partial charge in [0.1, 0.15) is 5.75 Å². The van der Waals surface area contributed by atoms with E-state index in [0.29, 0.717) is 5.11 Å². The van der Waals surface area contributed by atoms with Crippen molar-refractivity contribution in [3.05, 3.63) is 24.3 Å². The first-order chi connectivity index (χ1) is 8.56. The van der Waals surface area contributed by atoms with E-state index in [2.05, 4.69) is 10.6 Å². The number of nitrogens with zero attached hydrogens (tertiary/aromatic N) is 1. The molecule has 0 aliphatic rings. The maximum atomic E-state index is 11.2. The standard InChI is InChI=1S/C12H17N3O2S/c1-13-11(16)8-15(2)12(18)14-9-4-6-10(17-3)7-5-9/h4-7H,8H2,1-3H3,(H,13,16)(H,14,18). The number of carbonyl (C=O) groups excluding carboxylic acids is 1. The molecule has 0 atom stereocenters. The molecule has 0 unspecified atom stereocenters. The third-order valence-electron chi connectivity index (χ3n) is 2.35. The van der Waals surface area contributed by atoms with Crippen molar-refractivity contribution in [1.29, 1.82) is 0 Å². The molecule has 0 spiro atoms. The molecule has 0 radical (unpaired) electrons. The van der Waals surface area contributed by atoms with Gasteiger partial charge in [0.2, 0.25) is 5.91 Å². The summed E-state index contributed by atoms with van der Waals surface area (Å²) in [6.07, 6.45) is 0. The predicted octanol–water partition coefficient (Wildman–Crippen LogP) is 1.07. The maximum Gasteiger partial charge on any atom is 0.239 e. The number of amides is 1. The van der Waals surface area contributed by atoms with Crippen LogP contribution in [0.2, 0.25) is 0 Å². The number of benzene rings is 1. The summed E-state index contributed by atoms with van der Waals surface area (Å²) in [5.41, 5.74) is 0.851. The van der Waals surface area contributed by atoms with Gasteiger partial charge in [-0.2, -0.15) is 0 Å². The molecule has 0 saturated carbocycles. The van der Waals surface area contributed by atoms with Crippen LogP contribution in [0.25, 0.3) is 0 Å². The lowest BCUT2D eigenvalue weighted by atomic mass is 10.3. The monoisotopic (exact) mass is 267 g/mol. The fourth-order valence-electron chi connectivity index (χ4n) is 1.26. The molecule has 6 heteroatoms. The van der Waals surface area contributed by atoms with E-state index in [1.807, 2.05) is 24.3 Å². The summed E-state index contributed by atoms with van der Waals surface area (Å²) in [6, 6.07) is 7.39. The highest BCUT2D eigenvalue weighted by Gasteiger charge is 2.08. The topological polar surface area (TPSA) is 53.6 Å². The van der Waals surface area contributed by atoms with Crippen molar-refractivity contribution in [3.63, 3.8) is 0 Å². The van der Waals surface area contributed by atoms with Gasteiger partial charge in [-0.15, -0.1) is 0 Å². The fourth-order valence-corrected chi connectivity index (χ4v) is 1.44. The number of hydrogen-bond acceptors (Lipinski definition) is 3. The van der Waals surface area contributed by atoms with Crippen molar-refractivity contribution in [1.82, 2.24) is 10.2 Å². The van der Waals surface area contributed by atoms with Crippen LogP contribution in [0, 0.1) is 0 Å². The summed E-state index contributed by atoms with van der Waals surface area (Å²) in [5, 5.41) is 6.08. The molecule has 0 heterocycles. The Morgan fingerprint density at radius 3 is 2.50 bits per heavy atom. The van der Waals surface area contributed by atoms with E-state index in [9.17, 15) is 4.79 Å². The molecule has 0 bridgehead atoms. The van der Waals surface area contributed by atoms with E-state index in [-0.39, 0.29) is 12.5 Å². The van der Waals surface area contributed by atoms with Crippen LogP contribution in [0.15, 0.2) is 24.3 Å². The molecule has 0 aromatic heterocycles. The van der Waals surface area contributed by atoms with Gasteiger partial charge in [-0.05, 0) is 36.5 Å². The van der Waals surface area contributed by atoms with E-state index in [0.717, 1.165) is 11.4 Å². The van der Waals surface area contributed by atoms with Crippen molar-refractivity contribution in [2.75, 3.05) is 33.1 Å². The number of likely N-dealkylation sites (N-methyl/N-ethyl adjacent to an activating group) is 2. The normalized spacial score (nSPS) is 9.50. The van der Waals surface area contributed by atoms with Crippen molar-refractivity contribution >= 4 is 28.9 Å². The van der Waals surface area contributed by atoms with E-state index in [4.69, 9.17) is 17.0 Å². The average Bonchev–Trinajstić information content (AvgIpc) is 2.39. The molecule has 0 fully saturated rings. The molecule has 1 amide bonds. The van der Waals surface area contributed by atoms with Gasteiger partial charge in [0.15, 0.2) is 5.11 Å². The minimum absolute atomic E-state index is 0.0867. The first-order valence-electron chi connectivity index (χ1n) is 5.43. The highest BCUT2D eigenvalue weighted by atomic mass is 32.1. The second-order valence-corrected chi connectivity index (χ2v) is 4.07. The Balaban J connectivity index is 2.55. The van der Waals surface area contributed by atoms with E-state index in [1.165, 1.54) is 0 Å². The van der Waals surface area contributed by atoms with E-state index in [1.54, 1.807) is 26.1 Å². The van der Waals surface area contributed by atoms with Gasteiger partial charge in [-0.25, -0.2) is 0 Å². The number of carbonyl (C=O) groups is 1. The molecule has 0 saturated heterocycles. The first-order valence-corrected chi connectivity index (χ1v) is 5.84. The molecule has 5 nitrogen and oxygen atoms in total. The Morgan fingerprint density at radius 1 is 1.39 bits per heavy atom. The third kappa shape index (κ3) is 4.21. The third-order valence-corrected chi connectivity index (χ3v) is 2.76. The largest absolute Gasteiger partial charge is 0.497 e. The SMILES string of the molecule is CNC(=O)CN(C)C(=S)Nc1ccc(OC)cc1. The summed E-state index contributed by atoms with van der Waals surface area (Å²) in [7, 11) is 4.97. The van der Waals surface area contributed by atoms with Crippen LogP contribution in [0.3, 0.4) is 0 Å². The Morgan fingerprint density at radius 2 is 2.00 bits per heavy atom. The van der Waals surface area contributed by atoms with Crippen LogP contribution in [0.4, 0.5) is 5.69 Å². The van der Waals surface area contributed by atoms with Crippen molar-refractivity contribution < 1.29 is 9.53 Å². The van der Waals surface area contributed by atoms with Gasteiger partial charge in [0.05, 0.1) is 13.7 Å². The number of methoxy groups -OCH3 is 1. The van der Waals surface area contributed by atoms with Gasteiger partial charge in [-0.1, -0.05) is 0 Å². The molecular formula is C12H17N3O2S. The second-order valence-electron chi connectivity index (χ2n) is 3.69. The lowest BCUT2D eigenvalue weighted by Crippen LogP contribution is -2.39. The average molecular weight is 267 g/mol. The zero-order valence-electron chi connectivity index (χ0n) is 10.7. The van der Waals surface area contributed by atoms with Gasteiger partial charge >= 0.3 is 0 Å². The van der Waals surface area contributed by atoms with Gasteiger partial charge in [0.25, 0.3) is 0 Å². The molecular weight excluding hydrogens is 250 g/mol. The Bertz CT molecular complexity index is 420. The summed E-state index contributed by atoms with van der Waals surface area (Å²) < 4.78 is 5.06. The summed E-state index contributed by atoms with van der Waals surface area (Å²) in [6.45, 7) is 0.221. The van der Waals surface area contributed by atoms with Gasteiger partial charge in [-0.3, -0.25) is 4.79 Å². The minimum Gasteiger partial charge on any atom is -0.497 e. The molecule has 2 N–H and O–H groups in total. The number of ether oxygens (including phenoxy) is 1. The molecule has 98 valence electrons. The molecule has 1 aromatic carbocycles. The first kappa shape index (κ1) is 14.2. The van der Waals surface area contributed by atoms with Crippen LogP contribution in [-0.4, -0.2) is 43.7 Å². The number of rotatable bonds is 4. The van der Waals surface area contributed by atoms with E-state index >= 15 is 0 Å². The molecule has 0 aliphatic heterocycles. The van der Waals surface area contributed by atoms with Crippen LogP contribution < -0.4 is 15.4 Å². The number of anilines is 1. The Labute approximate surface area is 112 Å². The zero-order chi connectivity index (χ0) is 13.5. The number of thiocarbonyl (C=S) groups is 1. The Hall–Kier alpha value is -1.82. The van der Waals surface area contributed by atoms with E-state index < -0.39 is 0 Å². The Kier molecular flexibility index (Phi) is 5.38. The lowest BCUT2D eigenvalue weighted by Gasteiger charge is -2.20. The quantitative estimate of drug-likeness (QED) is 0.799. The van der Waals surface area contributed by atoms with Crippen LogP contribution in [0.5, 0.6) is 5.75 Å². The molecule has 1 rings (SSSR count). The number of nitrogens with one attached hydrogen (secondary N) is 2. The smallest absolute Gasteiger partial charge is 0.239 e. The maximum absolute atomic E-state index is 11.2. The van der Waals surface area contributed by atoms with Gasteiger partial charge < -0.3 is 20.3 Å². The zero-order valence-corrected chi connectivity index (χ0v) is 11.5. The van der Waals surface area contributed by atoms with Crippen LogP contribution >= 0.6 is 12.2 Å². The molecule has 1 aromatic rings. The summed E-state index contributed by atoms with van der Waals surface area (Å²) in [5.74, 6) is 0.696. The summed E-state index contributed by atoms with van der Waals surface area (Å²) >= 11 is 5.19. The summed E-state index contributed by atoms with van der Waals surface area (Å²) in [4.78, 5) is 12.9.